The highest BCUT2D eigenvalue weighted by molar-refractivity contribution is 6.04. The average molecular weight is 293 g/mol. The fourth-order valence-electron chi connectivity index (χ4n) is 1.57. The van der Waals surface area contributed by atoms with Crippen LogP contribution in [0.4, 0.5) is 5.69 Å². The van der Waals surface area contributed by atoms with Crippen LogP contribution in [0, 0.1) is 0 Å². The molecule has 0 radical (unpaired) electrons. The van der Waals surface area contributed by atoms with E-state index in [1.807, 2.05) is 0 Å². The molecule has 0 aliphatic carbocycles. The number of anilines is 1. The highest BCUT2D eigenvalue weighted by atomic mass is 16.6. The summed E-state index contributed by atoms with van der Waals surface area (Å²) in [4.78, 5) is 24.4. The molecule has 116 valence electrons. The van der Waals surface area contributed by atoms with Gasteiger partial charge in [-0.1, -0.05) is 0 Å². The van der Waals surface area contributed by atoms with Gasteiger partial charge in [0.15, 0.2) is 0 Å². The SMILES string of the molecule is CC(C)(C)OC(=O)c1ccc(N)cc1C(=O)OC(C)(C)C. The van der Waals surface area contributed by atoms with E-state index in [1.165, 1.54) is 12.1 Å². The molecule has 0 aliphatic heterocycles. The van der Waals surface area contributed by atoms with Gasteiger partial charge in [-0.3, -0.25) is 0 Å². The zero-order valence-corrected chi connectivity index (χ0v) is 13.4. The Morgan fingerprint density at radius 1 is 0.857 bits per heavy atom. The molecule has 0 unspecified atom stereocenters. The molecule has 0 saturated heterocycles. The summed E-state index contributed by atoms with van der Waals surface area (Å²) in [5, 5.41) is 0. The van der Waals surface area contributed by atoms with Gasteiger partial charge in [0.05, 0.1) is 11.1 Å². The Morgan fingerprint density at radius 3 is 1.71 bits per heavy atom. The largest absolute Gasteiger partial charge is 0.456 e. The first-order valence-electron chi connectivity index (χ1n) is 6.75. The van der Waals surface area contributed by atoms with Crippen LogP contribution in [0.25, 0.3) is 0 Å². The summed E-state index contributed by atoms with van der Waals surface area (Å²) >= 11 is 0. The standard InChI is InChI=1S/C16H23NO4/c1-15(2,3)20-13(18)11-8-7-10(17)9-12(11)14(19)21-16(4,5)6/h7-9H,17H2,1-6H3. The van der Waals surface area contributed by atoms with Crippen molar-refractivity contribution in [2.75, 3.05) is 5.73 Å². The lowest BCUT2D eigenvalue weighted by atomic mass is 10.1. The second kappa shape index (κ2) is 5.76. The van der Waals surface area contributed by atoms with E-state index >= 15 is 0 Å². The molecule has 2 N–H and O–H groups in total. The quantitative estimate of drug-likeness (QED) is 0.669. The van der Waals surface area contributed by atoms with Crippen LogP contribution in [0.2, 0.25) is 0 Å². The van der Waals surface area contributed by atoms with Gasteiger partial charge >= 0.3 is 11.9 Å². The van der Waals surface area contributed by atoms with Crippen molar-refractivity contribution in [3.63, 3.8) is 0 Å². The normalized spacial score (nSPS) is 11.9. The van der Waals surface area contributed by atoms with Gasteiger partial charge in [0.25, 0.3) is 0 Å². The summed E-state index contributed by atoms with van der Waals surface area (Å²) in [6, 6.07) is 4.45. The number of hydrogen-bond donors (Lipinski definition) is 1. The third kappa shape index (κ3) is 5.45. The van der Waals surface area contributed by atoms with Crippen LogP contribution in [0.3, 0.4) is 0 Å². The van der Waals surface area contributed by atoms with E-state index < -0.39 is 23.1 Å². The number of hydrogen-bond acceptors (Lipinski definition) is 5. The fourth-order valence-corrected chi connectivity index (χ4v) is 1.57. The highest BCUT2D eigenvalue weighted by Crippen LogP contribution is 2.21. The number of nitrogen functional groups attached to an aromatic ring is 1. The van der Waals surface area contributed by atoms with E-state index in [1.54, 1.807) is 47.6 Å². The molecule has 0 saturated carbocycles. The number of rotatable bonds is 2. The Bertz CT molecular complexity index is 550. The molecule has 1 aromatic carbocycles. The molecule has 5 heteroatoms. The summed E-state index contributed by atoms with van der Waals surface area (Å²) < 4.78 is 10.6. The Balaban J connectivity index is 3.17. The molecule has 0 aromatic heterocycles. The first-order valence-corrected chi connectivity index (χ1v) is 6.75. The Labute approximate surface area is 125 Å². The molecule has 0 fully saturated rings. The summed E-state index contributed by atoms with van der Waals surface area (Å²) in [6.45, 7) is 10.5. The van der Waals surface area contributed by atoms with Crippen LogP contribution < -0.4 is 5.73 Å². The van der Waals surface area contributed by atoms with Gasteiger partial charge in [0.2, 0.25) is 0 Å². The van der Waals surface area contributed by atoms with E-state index in [-0.39, 0.29) is 11.1 Å². The number of carbonyl (C=O) groups excluding carboxylic acids is 2. The molecule has 0 spiro atoms. The van der Waals surface area contributed by atoms with Crippen LogP contribution in [-0.4, -0.2) is 23.1 Å². The Morgan fingerprint density at radius 2 is 1.29 bits per heavy atom. The van der Waals surface area contributed by atoms with Crippen LogP contribution in [0.15, 0.2) is 18.2 Å². The molecule has 0 atom stereocenters. The molecule has 1 aromatic rings. The number of nitrogens with two attached hydrogens (primary N) is 1. The minimum absolute atomic E-state index is 0.110. The molecular formula is C16H23NO4. The summed E-state index contributed by atoms with van der Waals surface area (Å²) in [7, 11) is 0. The van der Waals surface area contributed by atoms with E-state index in [9.17, 15) is 9.59 Å². The topological polar surface area (TPSA) is 78.6 Å². The van der Waals surface area contributed by atoms with Crippen LogP contribution in [-0.2, 0) is 9.47 Å². The van der Waals surface area contributed by atoms with Crippen molar-refractivity contribution in [3.05, 3.63) is 29.3 Å². The second-order valence-corrected chi connectivity index (χ2v) is 6.81. The van der Waals surface area contributed by atoms with Crippen molar-refractivity contribution >= 4 is 17.6 Å². The lowest BCUT2D eigenvalue weighted by Crippen LogP contribution is -2.28. The van der Waals surface area contributed by atoms with Crippen LogP contribution >= 0.6 is 0 Å². The first-order chi connectivity index (χ1) is 9.39. The number of ether oxygens (including phenoxy) is 2. The zero-order chi connectivity index (χ0) is 16.4. The molecule has 0 bridgehead atoms. The molecule has 0 amide bonds. The summed E-state index contributed by atoms with van der Waals surface area (Å²) in [6.07, 6.45) is 0. The van der Waals surface area contributed by atoms with Gasteiger partial charge in [-0.05, 0) is 59.7 Å². The van der Waals surface area contributed by atoms with Crippen molar-refractivity contribution in [2.45, 2.75) is 52.7 Å². The minimum atomic E-state index is -0.660. The van der Waals surface area contributed by atoms with Gasteiger partial charge in [-0.25, -0.2) is 9.59 Å². The number of carbonyl (C=O) groups is 2. The minimum Gasteiger partial charge on any atom is -0.456 e. The Kier molecular flexibility index (Phi) is 4.66. The van der Waals surface area contributed by atoms with Gasteiger partial charge in [-0.2, -0.15) is 0 Å². The zero-order valence-electron chi connectivity index (χ0n) is 13.4. The molecule has 21 heavy (non-hydrogen) atoms. The first kappa shape index (κ1) is 17.0. The smallest absolute Gasteiger partial charge is 0.339 e. The molecule has 1 rings (SSSR count). The lowest BCUT2D eigenvalue weighted by molar-refractivity contribution is 0.00188. The molecular weight excluding hydrogens is 270 g/mol. The third-order valence-electron chi connectivity index (χ3n) is 2.28. The maximum atomic E-state index is 12.2. The van der Waals surface area contributed by atoms with Gasteiger partial charge < -0.3 is 15.2 Å². The predicted molar refractivity (Wildman–Crippen MR) is 81.2 cm³/mol. The second-order valence-electron chi connectivity index (χ2n) is 6.81. The van der Waals surface area contributed by atoms with Crippen molar-refractivity contribution < 1.29 is 19.1 Å². The predicted octanol–water partition coefficient (Wildman–Crippen LogP) is 3.18. The summed E-state index contributed by atoms with van der Waals surface area (Å²) in [5.74, 6) is -1.18. The summed E-state index contributed by atoms with van der Waals surface area (Å²) in [5.41, 5.74) is 5.02. The van der Waals surface area contributed by atoms with Crippen molar-refractivity contribution in [1.29, 1.82) is 0 Å². The lowest BCUT2D eigenvalue weighted by Gasteiger charge is -2.22. The maximum absolute atomic E-state index is 12.2. The monoisotopic (exact) mass is 293 g/mol. The van der Waals surface area contributed by atoms with Crippen molar-refractivity contribution in [1.82, 2.24) is 0 Å². The Hall–Kier alpha value is -2.04. The van der Waals surface area contributed by atoms with Gasteiger partial charge in [0.1, 0.15) is 11.2 Å². The third-order valence-corrected chi connectivity index (χ3v) is 2.28. The number of esters is 2. The van der Waals surface area contributed by atoms with Crippen LogP contribution in [0.5, 0.6) is 0 Å². The van der Waals surface area contributed by atoms with Gasteiger partial charge in [0, 0.05) is 5.69 Å². The highest BCUT2D eigenvalue weighted by Gasteiger charge is 2.26. The van der Waals surface area contributed by atoms with Crippen molar-refractivity contribution in [2.24, 2.45) is 0 Å². The fraction of sp³-hybridized carbons (Fsp3) is 0.500. The van der Waals surface area contributed by atoms with Crippen molar-refractivity contribution in [3.8, 4) is 0 Å². The van der Waals surface area contributed by atoms with E-state index in [2.05, 4.69) is 0 Å². The molecule has 0 aliphatic rings. The van der Waals surface area contributed by atoms with E-state index in [0.717, 1.165) is 0 Å². The molecule has 5 nitrogen and oxygen atoms in total. The number of benzene rings is 1. The van der Waals surface area contributed by atoms with E-state index in [0.29, 0.717) is 5.69 Å². The maximum Gasteiger partial charge on any atom is 0.339 e. The van der Waals surface area contributed by atoms with E-state index in [4.69, 9.17) is 15.2 Å². The van der Waals surface area contributed by atoms with Gasteiger partial charge in [-0.15, -0.1) is 0 Å². The average Bonchev–Trinajstić information content (AvgIpc) is 2.23. The van der Waals surface area contributed by atoms with Crippen LogP contribution in [0.1, 0.15) is 62.3 Å². The molecule has 0 heterocycles.